The Bertz CT molecular complexity index is 587. The minimum atomic E-state index is -1.04. The minimum absolute atomic E-state index is 0.0652. The van der Waals surface area contributed by atoms with Crippen LogP contribution < -0.4 is 5.73 Å². The molecule has 4 N–H and O–H groups in total. The van der Waals surface area contributed by atoms with Crippen LogP contribution in [0.15, 0.2) is 24.4 Å². The zero-order chi connectivity index (χ0) is 13.3. The number of nitrogens with zero attached hydrogens (tertiary/aromatic N) is 1. The topological polar surface area (TPSA) is 88.5 Å². The van der Waals surface area contributed by atoms with Gasteiger partial charge in [-0.15, -0.1) is 0 Å². The van der Waals surface area contributed by atoms with Crippen LogP contribution in [0.25, 0.3) is 10.9 Å². The fourth-order valence-electron chi connectivity index (χ4n) is 2.24. The summed E-state index contributed by atoms with van der Waals surface area (Å²) in [5.74, 6) is 0. The van der Waals surface area contributed by atoms with Gasteiger partial charge in [0.1, 0.15) is 0 Å². The smallest absolute Gasteiger partial charge is 0.416 e. The van der Waals surface area contributed by atoms with Crippen LogP contribution in [-0.4, -0.2) is 26.9 Å². The molecule has 0 fully saturated rings. The van der Waals surface area contributed by atoms with Gasteiger partial charge in [-0.3, -0.25) is 4.57 Å². The predicted octanol–water partition coefficient (Wildman–Crippen LogP) is 1.55. The molecular weight excluding hydrogens is 232 g/mol. The fraction of sp³-hybridized carbons (Fsp3) is 0.308. The van der Waals surface area contributed by atoms with Crippen LogP contribution in [0.2, 0.25) is 0 Å². The number of fused-ring (bicyclic) bond motifs is 1. The molecule has 1 heterocycles. The molecule has 5 nitrogen and oxygen atoms in total. The van der Waals surface area contributed by atoms with Crippen molar-refractivity contribution in [3.8, 4) is 0 Å². The lowest BCUT2D eigenvalue weighted by atomic mass is 10.0. The van der Waals surface area contributed by atoms with E-state index in [0.717, 1.165) is 16.5 Å². The van der Waals surface area contributed by atoms with E-state index < -0.39 is 6.09 Å². The number of hydrogen-bond acceptors (Lipinski definition) is 3. The van der Waals surface area contributed by atoms with Crippen molar-refractivity contribution in [2.24, 2.45) is 5.73 Å². The van der Waals surface area contributed by atoms with E-state index in [1.807, 2.05) is 6.92 Å². The quantitative estimate of drug-likeness (QED) is 0.769. The lowest BCUT2D eigenvalue weighted by Crippen LogP contribution is -2.17. The normalized spacial score (nSPS) is 12.8. The monoisotopic (exact) mass is 248 g/mol. The predicted molar refractivity (Wildman–Crippen MR) is 68.6 cm³/mol. The van der Waals surface area contributed by atoms with E-state index in [9.17, 15) is 9.90 Å². The molecular formula is C13H16N2O3. The maximum absolute atomic E-state index is 11.2. The van der Waals surface area contributed by atoms with Crippen molar-refractivity contribution in [2.75, 3.05) is 0 Å². The summed E-state index contributed by atoms with van der Waals surface area (Å²) in [5.41, 5.74) is 7.94. The standard InChI is InChI=1S/C13H16N2O3/c1-8(14)5-10-6-15(13(17)18)11-4-2-3-9(7-16)12(10)11/h2-4,6,8,16H,5,7,14H2,1H3,(H,17,18)/t8-/m1/s1. The Morgan fingerprint density at radius 1 is 1.44 bits per heavy atom. The molecule has 5 heteroatoms. The first-order valence-corrected chi connectivity index (χ1v) is 5.76. The highest BCUT2D eigenvalue weighted by Crippen LogP contribution is 2.26. The number of carbonyl (C=O) groups is 1. The van der Waals surface area contributed by atoms with Crippen molar-refractivity contribution < 1.29 is 15.0 Å². The Hall–Kier alpha value is -1.85. The van der Waals surface area contributed by atoms with Gasteiger partial charge in [0.15, 0.2) is 0 Å². The van der Waals surface area contributed by atoms with Gasteiger partial charge in [-0.1, -0.05) is 12.1 Å². The zero-order valence-corrected chi connectivity index (χ0v) is 10.1. The molecule has 1 aromatic carbocycles. The molecule has 2 aromatic rings. The molecule has 96 valence electrons. The van der Waals surface area contributed by atoms with Crippen molar-refractivity contribution in [1.29, 1.82) is 0 Å². The molecule has 0 saturated heterocycles. The van der Waals surface area contributed by atoms with Gasteiger partial charge >= 0.3 is 6.09 Å². The first-order valence-electron chi connectivity index (χ1n) is 5.76. The van der Waals surface area contributed by atoms with E-state index in [2.05, 4.69) is 0 Å². The molecule has 0 aliphatic heterocycles. The maximum atomic E-state index is 11.2. The number of carboxylic acid groups (broad SMARTS) is 1. The van der Waals surface area contributed by atoms with Crippen molar-refractivity contribution >= 4 is 17.0 Å². The van der Waals surface area contributed by atoms with Gasteiger partial charge in [-0.05, 0) is 30.5 Å². The summed E-state index contributed by atoms with van der Waals surface area (Å²) in [6, 6.07) is 5.19. The van der Waals surface area contributed by atoms with Gasteiger partial charge in [-0.25, -0.2) is 4.79 Å². The first-order chi connectivity index (χ1) is 8.54. The van der Waals surface area contributed by atoms with Crippen LogP contribution in [0, 0.1) is 0 Å². The largest absolute Gasteiger partial charge is 0.464 e. The highest BCUT2D eigenvalue weighted by Gasteiger charge is 2.15. The van der Waals surface area contributed by atoms with E-state index in [1.54, 1.807) is 24.4 Å². The Kier molecular flexibility index (Phi) is 3.36. The second kappa shape index (κ2) is 4.80. The number of benzene rings is 1. The molecule has 1 atom stereocenters. The summed E-state index contributed by atoms with van der Waals surface area (Å²) in [6.07, 6.45) is 1.12. The molecule has 18 heavy (non-hydrogen) atoms. The first kappa shape index (κ1) is 12.6. The molecule has 0 aliphatic rings. The van der Waals surface area contributed by atoms with Gasteiger partial charge in [-0.2, -0.15) is 0 Å². The summed E-state index contributed by atoms with van der Waals surface area (Å²) in [4.78, 5) is 11.2. The molecule has 0 amide bonds. The summed E-state index contributed by atoms with van der Waals surface area (Å²) in [5, 5.41) is 19.3. The Balaban J connectivity index is 2.72. The number of aliphatic hydroxyl groups excluding tert-OH is 1. The number of hydrogen-bond donors (Lipinski definition) is 3. The minimum Gasteiger partial charge on any atom is -0.464 e. The maximum Gasteiger partial charge on any atom is 0.416 e. The van der Waals surface area contributed by atoms with Crippen LogP contribution in [-0.2, 0) is 13.0 Å². The number of aliphatic hydroxyl groups is 1. The van der Waals surface area contributed by atoms with Crippen LogP contribution >= 0.6 is 0 Å². The second-order valence-corrected chi connectivity index (χ2v) is 4.46. The highest BCUT2D eigenvalue weighted by atomic mass is 16.4. The van der Waals surface area contributed by atoms with Gasteiger partial charge in [0.05, 0.1) is 12.1 Å². The molecule has 0 saturated carbocycles. The number of nitrogens with two attached hydrogens (primary N) is 1. The third-order valence-electron chi connectivity index (χ3n) is 2.91. The molecule has 0 spiro atoms. The van der Waals surface area contributed by atoms with Gasteiger partial charge < -0.3 is 15.9 Å². The molecule has 0 radical (unpaired) electrons. The average Bonchev–Trinajstić information content (AvgIpc) is 2.67. The molecule has 0 aliphatic carbocycles. The molecule has 0 unspecified atom stereocenters. The zero-order valence-electron chi connectivity index (χ0n) is 10.1. The summed E-state index contributed by atoms with van der Waals surface area (Å²) in [7, 11) is 0. The van der Waals surface area contributed by atoms with E-state index in [0.29, 0.717) is 11.9 Å². The van der Waals surface area contributed by atoms with Crippen molar-refractivity contribution in [1.82, 2.24) is 4.57 Å². The Labute approximate surface area is 104 Å². The van der Waals surface area contributed by atoms with Crippen molar-refractivity contribution in [2.45, 2.75) is 26.0 Å². The highest BCUT2D eigenvalue weighted by molar-refractivity contribution is 5.93. The van der Waals surface area contributed by atoms with Crippen molar-refractivity contribution in [3.63, 3.8) is 0 Å². The van der Waals surface area contributed by atoms with E-state index in [-0.39, 0.29) is 12.6 Å². The molecule has 0 bridgehead atoms. The summed E-state index contributed by atoms with van der Waals surface area (Å²) in [6.45, 7) is 1.75. The summed E-state index contributed by atoms with van der Waals surface area (Å²) < 4.78 is 1.17. The van der Waals surface area contributed by atoms with E-state index in [4.69, 9.17) is 10.8 Å². The molecule has 1 aromatic heterocycles. The van der Waals surface area contributed by atoms with Gasteiger partial charge in [0.25, 0.3) is 0 Å². The Morgan fingerprint density at radius 2 is 2.17 bits per heavy atom. The third-order valence-corrected chi connectivity index (χ3v) is 2.91. The van der Waals surface area contributed by atoms with Crippen LogP contribution in [0.3, 0.4) is 0 Å². The van der Waals surface area contributed by atoms with Crippen LogP contribution in [0.5, 0.6) is 0 Å². The van der Waals surface area contributed by atoms with Crippen LogP contribution in [0.4, 0.5) is 4.79 Å². The van der Waals surface area contributed by atoms with Crippen molar-refractivity contribution in [3.05, 3.63) is 35.5 Å². The van der Waals surface area contributed by atoms with Gasteiger partial charge in [0, 0.05) is 17.6 Å². The number of aromatic nitrogens is 1. The average molecular weight is 248 g/mol. The fourth-order valence-corrected chi connectivity index (χ4v) is 2.24. The summed E-state index contributed by atoms with van der Waals surface area (Å²) >= 11 is 0. The Morgan fingerprint density at radius 3 is 2.72 bits per heavy atom. The van der Waals surface area contributed by atoms with Gasteiger partial charge in [0.2, 0.25) is 0 Å². The lowest BCUT2D eigenvalue weighted by Gasteiger charge is -2.05. The third kappa shape index (κ3) is 2.10. The lowest BCUT2D eigenvalue weighted by molar-refractivity contribution is 0.197. The second-order valence-electron chi connectivity index (χ2n) is 4.46. The van der Waals surface area contributed by atoms with E-state index in [1.165, 1.54) is 4.57 Å². The number of rotatable bonds is 3. The van der Waals surface area contributed by atoms with Crippen LogP contribution in [0.1, 0.15) is 18.1 Å². The van der Waals surface area contributed by atoms with E-state index >= 15 is 0 Å². The molecule has 2 rings (SSSR count). The SMILES string of the molecule is C[C@@H](N)Cc1cn(C(=O)O)c2cccc(CO)c12.